The lowest BCUT2D eigenvalue weighted by molar-refractivity contribution is -0.117. The molecule has 150 valence electrons. The fraction of sp³-hybridized carbons (Fsp3) is 0.533. The van der Waals surface area contributed by atoms with Gasteiger partial charge in [-0.05, 0) is 25.5 Å². The van der Waals surface area contributed by atoms with Crippen LogP contribution in [-0.2, 0) is 21.4 Å². The van der Waals surface area contributed by atoms with Gasteiger partial charge in [-0.1, -0.05) is 0 Å². The van der Waals surface area contributed by atoms with E-state index in [1.54, 1.807) is 4.72 Å². The van der Waals surface area contributed by atoms with E-state index in [4.69, 9.17) is 0 Å². The molecule has 27 heavy (non-hydrogen) atoms. The predicted molar refractivity (Wildman–Crippen MR) is 93.9 cm³/mol. The molecule has 7 nitrogen and oxygen atoms in total. The molecule has 1 saturated heterocycles. The second-order valence-corrected chi connectivity index (χ2v) is 8.93. The Morgan fingerprint density at radius 2 is 2.19 bits per heavy atom. The molecule has 0 bridgehead atoms. The van der Waals surface area contributed by atoms with Crippen molar-refractivity contribution < 1.29 is 31.5 Å². The number of benzene rings is 1. The highest BCUT2D eigenvalue weighted by Crippen LogP contribution is 2.42. The van der Waals surface area contributed by atoms with Crippen LogP contribution in [0.2, 0.25) is 0 Å². The van der Waals surface area contributed by atoms with Crippen molar-refractivity contribution in [2.75, 3.05) is 23.1 Å². The third kappa shape index (κ3) is 4.27. The lowest BCUT2D eigenvalue weighted by Crippen LogP contribution is -2.37. The van der Waals surface area contributed by atoms with Crippen LogP contribution in [0.4, 0.5) is 18.9 Å². The van der Waals surface area contributed by atoms with Crippen LogP contribution in [0.25, 0.3) is 0 Å². The molecule has 3 rings (SSSR count). The standard InChI is InChI=1S/C15H18F3N3O4S2/c16-12(17)2-1-3-19-8-4-9-11(26-7-8)5-10(22)15(14(9)18)21-6-13(23)20-27(21,24)25/h5,8,12,19,22H,1-4,6-7H2,(H,20,23)/t8-/m0/s1. The maximum atomic E-state index is 15.1. The number of hydrogen-bond acceptors (Lipinski definition) is 6. The van der Waals surface area contributed by atoms with Crippen molar-refractivity contribution in [2.45, 2.75) is 36.6 Å². The highest BCUT2D eigenvalue weighted by molar-refractivity contribution is 7.99. The first-order valence-electron chi connectivity index (χ1n) is 8.21. The molecule has 1 atom stereocenters. The fourth-order valence-corrected chi connectivity index (χ4v) is 5.36. The van der Waals surface area contributed by atoms with E-state index in [-0.39, 0.29) is 30.9 Å². The summed E-state index contributed by atoms with van der Waals surface area (Å²) in [5.41, 5.74) is -0.342. The number of thioether (sulfide) groups is 1. The molecule has 0 aromatic heterocycles. The van der Waals surface area contributed by atoms with Gasteiger partial charge in [0.25, 0.3) is 5.91 Å². The summed E-state index contributed by atoms with van der Waals surface area (Å²) in [4.78, 5) is 11.9. The third-order valence-corrected chi connectivity index (χ3v) is 6.89. The van der Waals surface area contributed by atoms with Crippen molar-refractivity contribution >= 4 is 33.6 Å². The second-order valence-electron chi connectivity index (χ2n) is 6.27. The highest BCUT2D eigenvalue weighted by atomic mass is 32.2. The zero-order valence-electron chi connectivity index (χ0n) is 14.0. The molecule has 2 aliphatic heterocycles. The third-order valence-electron chi connectivity index (χ3n) is 4.27. The summed E-state index contributed by atoms with van der Waals surface area (Å²) in [5.74, 6) is -1.74. The zero-order valence-corrected chi connectivity index (χ0v) is 15.7. The van der Waals surface area contributed by atoms with Gasteiger partial charge in [-0.3, -0.25) is 4.79 Å². The van der Waals surface area contributed by atoms with Crippen molar-refractivity contribution in [3.63, 3.8) is 0 Å². The zero-order chi connectivity index (χ0) is 19.8. The number of carbonyl (C=O) groups is 1. The summed E-state index contributed by atoms with van der Waals surface area (Å²) >= 11 is 1.28. The lowest BCUT2D eigenvalue weighted by atomic mass is 10.0. The first-order valence-corrected chi connectivity index (χ1v) is 10.6. The van der Waals surface area contributed by atoms with E-state index in [9.17, 15) is 27.1 Å². The van der Waals surface area contributed by atoms with Crippen LogP contribution in [0.1, 0.15) is 18.4 Å². The van der Waals surface area contributed by atoms with Gasteiger partial charge in [0.2, 0.25) is 6.43 Å². The Balaban J connectivity index is 1.81. The number of hydrogen-bond donors (Lipinski definition) is 3. The van der Waals surface area contributed by atoms with Gasteiger partial charge in [0.1, 0.15) is 18.0 Å². The molecule has 12 heteroatoms. The van der Waals surface area contributed by atoms with E-state index in [2.05, 4.69) is 5.32 Å². The number of fused-ring (bicyclic) bond motifs is 1. The summed E-state index contributed by atoms with van der Waals surface area (Å²) in [6, 6.07) is 1.10. The van der Waals surface area contributed by atoms with E-state index in [1.807, 2.05) is 0 Å². The SMILES string of the molecule is O=C1CN(c2c(O)cc3c(c2F)C[C@H](NCCCC(F)F)CS3)S(=O)(=O)N1. The number of rotatable bonds is 6. The maximum Gasteiger partial charge on any atom is 0.326 e. The van der Waals surface area contributed by atoms with Gasteiger partial charge in [0.05, 0.1) is 0 Å². The first-order chi connectivity index (χ1) is 12.7. The van der Waals surface area contributed by atoms with E-state index < -0.39 is 46.3 Å². The Morgan fingerprint density at radius 3 is 2.81 bits per heavy atom. The molecular formula is C15H18F3N3O4S2. The largest absolute Gasteiger partial charge is 0.506 e. The number of anilines is 1. The van der Waals surface area contributed by atoms with Crippen molar-refractivity contribution in [3.8, 4) is 5.75 Å². The number of nitrogens with one attached hydrogen (secondary N) is 2. The molecule has 0 radical (unpaired) electrons. The van der Waals surface area contributed by atoms with Crippen molar-refractivity contribution in [1.29, 1.82) is 0 Å². The monoisotopic (exact) mass is 425 g/mol. The molecule has 2 heterocycles. The minimum absolute atomic E-state index is 0.179. The molecular weight excluding hydrogens is 407 g/mol. The van der Waals surface area contributed by atoms with Gasteiger partial charge in [-0.15, -0.1) is 11.8 Å². The lowest BCUT2D eigenvalue weighted by Gasteiger charge is -2.28. The number of amides is 1. The van der Waals surface area contributed by atoms with Crippen LogP contribution < -0.4 is 14.3 Å². The molecule has 2 aliphatic rings. The van der Waals surface area contributed by atoms with Crippen LogP contribution in [0.3, 0.4) is 0 Å². The van der Waals surface area contributed by atoms with Gasteiger partial charge in [0.15, 0.2) is 5.82 Å². The minimum Gasteiger partial charge on any atom is -0.506 e. The van der Waals surface area contributed by atoms with Gasteiger partial charge >= 0.3 is 10.2 Å². The topological polar surface area (TPSA) is 98.7 Å². The van der Waals surface area contributed by atoms with Gasteiger partial charge in [-0.2, -0.15) is 8.42 Å². The number of phenolic OH excluding ortho intramolecular Hbond substituents is 1. The fourth-order valence-electron chi connectivity index (χ4n) is 3.03. The molecule has 0 spiro atoms. The van der Waals surface area contributed by atoms with Gasteiger partial charge in [-0.25, -0.2) is 22.2 Å². The molecule has 0 saturated carbocycles. The summed E-state index contributed by atoms with van der Waals surface area (Å²) in [6.45, 7) is -0.259. The van der Waals surface area contributed by atoms with E-state index >= 15 is 4.39 Å². The Bertz CT molecular complexity index is 851. The summed E-state index contributed by atoms with van der Waals surface area (Å²) in [7, 11) is -4.26. The smallest absolute Gasteiger partial charge is 0.326 e. The van der Waals surface area contributed by atoms with Crippen molar-refractivity contribution in [1.82, 2.24) is 10.0 Å². The minimum atomic E-state index is -4.26. The van der Waals surface area contributed by atoms with Crippen molar-refractivity contribution in [2.24, 2.45) is 0 Å². The van der Waals surface area contributed by atoms with E-state index in [0.717, 1.165) is 0 Å². The molecule has 0 aliphatic carbocycles. The quantitative estimate of drug-likeness (QED) is 0.596. The van der Waals surface area contributed by atoms with Gasteiger partial charge < -0.3 is 10.4 Å². The van der Waals surface area contributed by atoms with E-state index in [1.165, 1.54) is 17.8 Å². The van der Waals surface area contributed by atoms with Crippen LogP contribution in [0.15, 0.2) is 11.0 Å². The average Bonchev–Trinajstić information content (AvgIpc) is 2.84. The molecule has 3 N–H and O–H groups in total. The van der Waals surface area contributed by atoms with Crippen molar-refractivity contribution in [3.05, 3.63) is 17.4 Å². The maximum absolute atomic E-state index is 15.1. The molecule has 1 aromatic carbocycles. The Kier molecular flexibility index (Phi) is 5.77. The number of aromatic hydroxyl groups is 1. The number of nitrogens with zero attached hydrogens (tertiary/aromatic N) is 1. The predicted octanol–water partition coefficient (Wildman–Crippen LogP) is 1.36. The number of halogens is 3. The molecule has 0 unspecified atom stereocenters. The normalized spacial score (nSPS) is 21.4. The molecule has 1 amide bonds. The van der Waals surface area contributed by atoms with Crippen LogP contribution in [0.5, 0.6) is 5.75 Å². The van der Waals surface area contributed by atoms with Crippen LogP contribution in [-0.4, -0.2) is 50.7 Å². The number of alkyl halides is 2. The van der Waals surface area contributed by atoms with Gasteiger partial charge in [0, 0.05) is 28.7 Å². The van der Waals surface area contributed by atoms with Crippen LogP contribution >= 0.6 is 11.8 Å². The summed E-state index contributed by atoms with van der Waals surface area (Å²) in [5, 5.41) is 13.2. The summed E-state index contributed by atoms with van der Waals surface area (Å²) in [6.07, 6.45) is -2.08. The Hall–Kier alpha value is -1.66. The Morgan fingerprint density at radius 1 is 1.44 bits per heavy atom. The summed E-state index contributed by atoms with van der Waals surface area (Å²) < 4.78 is 65.6. The Labute approximate surface area is 158 Å². The van der Waals surface area contributed by atoms with E-state index in [0.29, 0.717) is 21.5 Å². The first kappa shape index (κ1) is 20.1. The highest BCUT2D eigenvalue weighted by Gasteiger charge is 2.39. The number of carbonyl (C=O) groups excluding carboxylic acids is 1. The average molecular weight is 425 g/mol. The molecule has 1 aromatic rings. The number of phenols is 1. The molecule has 1 fully saturated rings. The second kappa shape index (κ2) is 7.76. The van der Waals surface area contributed by atoms with Crippen LogP contribution in [0, 0.1) is 5.82 Å².